The van der Waals surface area contributed by atoms with E-state index in [1.54, 1.807) is 0 Å². The van der Waals surface area contributed by atoms with Crippen LogP contribution < -0.4 is 5.32 Å². The standard InChI is InChI=1S/C15H18N2O2/c1-3-11(15(18)19)9-16-14-10(2)8-12-6-4-5-7-13(12)17-14/h4-8,11H,3,9H2,1-2H3,(H,16,17)(H,18,19). The van der Waals surface area contributed by atoms with Crippen molar-refractivity contribution in [3.8, 4) is 0 Å². The largest absolute Gasteiger partial charge is 0.481 e. The Hall–Kier alpha value is -2.10. The van der Waals surface area contributed by atoms with Crippen molar-refractivity contribution >= 4 is 22.7 Å². The molecular weight excluding hydrogens is 240 g/mol. The summed E-state index contributed by atoms with van der Waals surface area (Å²) in [6.45, 7) is 4.25. The summed E-state index contributed by atoms with van der Waals surface area (Å²) in [6, 6.07) is 9.96. The molecule has 2 N–H and O–H groups in total. The van der Waals surface area contributed by atoms with Gasteiger partial charge in [0.2, 0.25) is 0 Å². The highest BCUT2D eigenvalue weighted by atomic mass is 16.4. The lowest BCUT2D eigenvalue weighted by molar-refractivity contribution is -0.141. The van der Waals surface area contributed by atoms with E-state index in [4.69, 9.17) is 5.11 Å². The van der Waals surface area contributed by atoms with Gasteiger partial charge >= 0.3 is 5.97 Å². The second kappa shape index (κ2) is 5.69. The molecule has 1 unspecified atom stereocenters. The molecule has 0 saturated carbocycles. The lowest BCUT2D eigenvalue weighted by Gasteiger charge is -2.13. The van der Waals surface area contributed by atoms with Crippen molar-refractivity contribution in [2.75, 3.05) is 11.9 Å². The van der Waals surface area contributed by atoms with Gasteiger partial charge in [0.05, 0.1) is 11.4 Å². The van der Waals surface area contributed by atoms with Crippen LogP contribution in [0.3, 0.4) is 0 Å². The second-order valence-electron chi connectivity index (χ2n) is 4.67. The SMILES string of the molecule is CCC(CNc1nc2ccccc2cc1C)C(=O)O. The Labute approximate surface area is 112 Å². The fourth-order valence-electron chi connectivity index (χ4n) is 2.03. The Bertz CT molecular complexity index is 596. The normalized spacial score (nSPS) is 12.3. The molecular formula is C15H18N2O2. The van der Waals surface area contributed by atoms with E-state index in [0.29, 0.717) is 13.0 Å². The molecule has 0 radical (unpaired) electrons. The molecule has 100 valence electrons. The number of aliphatic carboxylic acids is 1. The van der Waals surface area contributed by atoms with Gasteiger partial charge in [0.15, 0.2) is 0 Å². The van der Waals surface area contributed by atoms with Gasteiger partial charge in [-0.2, -0.15) is 0 Å². The molecule has 0 amide bonds. The molecule has 0 fully saturated rings. The Balaban J connectivity index is 2.20. The Kier molecular flexibility index (Phi) is 4.00. The van der Waals surface area contributed by atoms with Crippen LogP contribution in [0, 0.1) is 12.8 Å². The van der Waals surface area contributed by atoms with Crippen molar-refractivity contribution in [2.24, 2.45) is 5.92 Å². The first-order chi connectivity index (χ1) is 9.11. The van der Waals surface area contributed by atoms with Gasteiger partial charge in [-0.25, -0.2) is 4.98 Å². The molecule has 1 aromatic heterocycles. The summed E-state index contributed by atoms with van der Waals surface area (Å²) < 4.78 is 0. The number of para-hydroxylation sites is 1. The van der Waals surface area contributed by atoms with Crippen molar-refractivity contribution in [1.82, 2.24) is 4.98 Å². The maximum Gasteiger partial charge on any atom is 0.308 e. The van der Waals surface area contributed by atoms with Crippen LogP contribution >= 0.6 is 0 Å². The number of pyridine rings is 1. The minimum absolute atomic E-state index is 0.382. The van der Waals surface area contributed by atoms with Gasteiger partial charge in [-0.3, -0.25) is 4.79 Å². The lowest BCUT2D eigenvalue weighted by Crippen LogP contribution is -2.22. The van der Waals surface area contributed by atoms with Gasteiger partial charge in [0.25, 0.3) is 0 Å². The Morgan fingerprint density at radius 3 is 2.84 bits per heavy atom. The van der Waals surface area contributed by atoms with E-state index in [2.05, 4.69) is 16.4 Å². The molecule has 0 saturated heterocycles. The average molecular weight is 258 g/mol. The fraction of sp³-hybridized carbons (Fsp3) is 0.333. The van der Waals surface area contributed by atoms with Crippen LogP contribution in [0.25, 0.3) is 10.9 Å². The predicted molar refractivity (Wildman–Crippen MR) is 76.4 cm³/mol. The van der Waals surface area contributed by atoms with Crippen molar-refractivity contribution in [3.63, 3.8) is 0 Å². The number of hydrogen-bond donors (Lipinski definition) is 2. The van der Waals surface area contributed by atoms with Gasteiger partial charge in [-0.15, -0.1) is 0 Å². The highest BCUT2D eigenvalue weighted by molar-refractivity contribution is 5.81. The molecule has 4 heteroatoms. The third-order valence-corrected chi connectivity index (χ3v) is 3.27. The Morgan fingerprint density at radius 1 is 1.42 bits per heavy atom. The number of benzene rings is 1. The third-order valence-electron chi connectivity index (χ3n) is 3.27. The molecule has 19 heavy (non-hydrogen) atoms. The van der Waals surface area contributed by atoms with Crippen LogP contribution in [0.4, 0.5) is 5.82 Å². The van der Waals surface area contributed by atoms with E-state index in [1.165, 1.54) is 0 Å². The smallest absolute Gasteiger partial charge is 0.308 e. The molecule has 4 nitrogen and oxygen atoms in total. The van der Waals surface area contributed by atoms with E-state index in [0.717, 1.165) is 22.3 Å². The van der Waals surface area contributed by atoms with Crippen molar-refractivity contribution in [1.29, 1.82) is 0 Å². The fourth-order valence-corrected chi connectivity index (χ4v) is 2.03. The van der Waals surface area contributed by atoms with Crippen LogP contribution in [0.2, 0.25) is 0 Å². The van der Waals surface area contributed by atoms with Gasteiger partial charge in [-0.1, -0.05) is 25.1 Å². The predicted octanol–water partition coefficient (Wildman–Crippen LogP) is 3.07. The van der Waals surface area contributed by atoms with E-state index >= 15 is 0 Å². The van der Waals surface area contributed by atoms with E-state index < -0.39 is 5.97 Å². The van der Waals surface area contributed by atoms with Crippen molar-refractivity contribution in [2.45, 2.75) is 20.3 Å². The topological polar surface area (TPSA) is 62.2 Å². The summed E-state index contributed by atoms with van der Waals surface area (Å²) in [7, 11) is 0. The number of fused-ring (bicyclic) bond motifs is 1. The summed E-state index contributed by atoms with van der Waals surface area (Å²) in [6.07, 6.45) is 0.606. The third kappa shape index (κ3) is 3.02. The molecule has 2 rings (SSSR count). The number of rotatable bonds is 5. The zero-order valence-electron chi connectivity index (χ0n) is 11.2. The summed E-state index contributed by atoms with van der Waals surface area (Å²) in [5.74, 6) is -0.389. The Morgan fingerprint density at radius 2 is 2.16 bits per heavy atom. The highest BCUT2D eigenvalue weighted by Crippen LogP contribution is 2.20. The molecule has 1 heterocycles. The molecule has 1 aromatic carbocycles. The van der Waals surface area contributed by atoms with Crippen LogP contribution in [-0.2, 0) is 4.79 Å². The first-order valence-corrected chi connectivity index (χ1v) is 6.45. The molecule has 0 aliphatic heterocycles. The first kappa shape index (κ1) is 13.3. The number of carboxylic acid groups (broad SMARTS) is 1. The summed E-state index contributed by atoms with van der Waals surface area (Å²) in [5.41, 5.74) is 1.94. The molecule has 0 bridgehead atoms. The zero-order chi connectivity index (χ0) is 13.8. The number of anilines is 1. The van der Waals surface area contributed by atoms with Crippen molar-refractivity contribution < 1.29 is 9.90 Å². The molecule has 2 aromatic rings. The van der Waals surface area contributed by atoms with Crippen LogP contribution in [-0.4, -0.2) is 22.6 Å². The molecule has 0 aliphatic rings. The minimum Gasteiger partial charge on any atom is -0.481 e. The number of nitrogens with one attached hydrogen (secondary N) is 1. The van der Waals surface area contributed by atoms with Gasteiger partial charge in [0, 0.05) is 11.9 Å². The molecule has 0 spiro atoms. The van der Waals surface area contributed by atoms with Crippen LogP contribution in [0.15, 0.2) is 30.3 Å². The maximum atomic E-state index is 11.0. The first-order valence-electron chi connectivity index (χ1n) is 6.45. The summed E-state index contributed by atoms with van der Waals surface area (Å²) >= 11 is 0. The highest BCUT2D eigenvalue weighted by Gasteiger charge is 2.15. The number of carboxylic acids is 1. The summed E-state index contributed by atoms with van der Waals surface area (Å²) in [5, 5.41) is 13.3. The van der Waals surface area contributed by atoms with Crippen LogP contribution in [0.5, 0.6) is 0 Å². The van der Waals surface area contributed by atoms with Gasteiger partial charge in [-0.05, 0) is 31.0 Å². The zero-order valence-corrected chi connectivity index (χ0v) is 11.2. The number of nitrogens with zero attached hydrogens (tertiary/aromatic N) is 1. The monoisotopic (exact) mass is 258 g/mol. The molecule has 0 aliphatic carbocycles. The van der Waals surface area contributed by atoms with E-state index in [9.17, 15) is 4.79 Å². The summed E-state index contributed by atoms with van der Waals surface area (Å²) in [4.78, 5) is 15.5. The average Bonchev–Trinajstić information content (AvgIpc) is 2.39. The van der Waals surface area contributed by atoms with Gasteiger partial charge < -0.3 is 10.4 Å². The number of carbonyl (C=O) groups is 1. The van der Waals surface area contributed by atoms with Crippen LogP contribution in [0.1, 0.15) is 18.9 Å². The van der Waals surface area contributed by atoms with E-state index in [-0.39, 0.29) is 5.92 Å². The quantitative estimate of drug-likeness (QED) is 0.865. The number of hydrogen-bond acceptors (Lipinski definition) is 3. The number of aromatic nitrogens is 1. The second-order valence-corrected chi connectivity index (χ2v) is 4.67. The van der Waals surface area contributed by atoms with Gasteiger partial charge in [0.1, 0.15) is 5.82 Å². The molecule has 1 atom stereocenters. The minimum atomic E-state index is -0.770. The lowest BCUT2D eigenvalue weighted by atomic mass is 10.1. The van der Waals surface area contributed by atoms with E-state index in [1.807, 2.05) is 38.1 Å². The number of aryl methyl sites for hydroxylation is 1. The van der Waals surface area contributed by atoms with Crippen molar-refractivity contribution in [3.05, 3.63) is 35.9 Å². The maximum absolute atomic E-state index is 11.0.